The number of nitrogens with zero attached hydrogens (tertiary/aromatic N) is 1. The molecule has 114 valence electrons. The molecule has 0 unspecified atom stereocenters. The van der Waals surface area contributed by atoms with E-state index in [1.54, 1.807) is 30.3 Å². The van der Waals surface area contributed by atoms with Gasteiger partial charge in [-0.3, -0.25) is 14.7 Å². The number of nitrogens with one attached hydrogen (secondary N) is 1. The molecule has 0 aliphatic heterocycles. The van der Waals surface area contributed by atoms with Crippen LogP contribution in [-0.4, -0.2) is 21.8 Å². The summed E-state index contributed by atoms with van der Waals surface area (Å²) in [5.74, 6) is -0.689. The second-order valence-electron chi connectivity index (χ2n) is 4.91. The van der Waals surface area contributed by atoms with E-state index in [-0.39, 0.29) is 34.1 Å². The summed E-state index contributed by atoms with van der Waals surface area (Å²) in [6.07, 6.45) is 1.33. The first kappa shape index (κ1) is 15.0. The Hall–Kier alpha value is -2.92. The van der Waals surface area contributed by atoms with Crippen molar-refractivity contribution in [3.05, 3.63) is 82.1 Å². The van der Waals surface area contributed by atoms with E-state index in [1.807, 2.05) is 6.07 Å². The van der Waals surface area contributed by atoms with E-state index in [1.165, 1.54) is 18.3 Å². The summed E-state index contributed by atoms with van der Waals surface area (Å²) < 4.78 is 0. The van der Waals surface area contributed by atoms with Crippen LogP contribution in [0.2, 0.25) is 5.02 Å². The number of hydrogen-bond acceptors (Lipinski definition) is 4. The molecule has 3 rings (SSSR count). The fraction of sp³-hybridized carbons (Fsp3) is 0. The summed E-state index contributed by atoms with van der Waals surface area (Å²) in [7, 11) is 0. The van der Waals surface area contributed by atoms with E-state index in [4.69, 9.17) is 17.3 Å². The molecule has 3 aromatic rings. The molecule has 0 aliphatic rings. The van der Waals surface area contributed by atoms with Crippen molar-refractivity contribution in [2.45, 2.75) is 0 Å². The van der Waals surface area contributed by atoms with Gasteiger partial charge < -0.3 is 5.73 Å². The average molecular weight is 326 g/mol. The van der Waals surface area contributed by atoms with Crippen LogP contribution in [0, 0.1) is 0 Å². The number of rotatable bonds is 4. The molecule has 23 heavy (non-hydrogen) atoms. The third-order valence-corrected chi connectivity index (χ3v) is 3.64. The maximum absolute atomic E-state index is 12.7. The van der Waals surface area contributed by atoms with E-state index in [9.17, 15) is 9.59 Å². The minimum atomic E-state index is -0.382. The third-order valence-electron chi connectivity index (χ3n) is 3.41. The molecule has 0 fully saturated rings. The minimum Gasteiger partial charge on any atom is -0.398 e. The number of nitrogen functional groups attached to an aromatic ring is 1. The van der Waals surface area contributed by atoms with Crippen LogP contribution in [0.4, 0.5) is 5.69 Å². The Bertz CT molecular complexity index is 888. The summed E-state index contributed by atoms with van der Waals surface area (Å²) in [5, 5.41) is 6.86. The molecule has 0 aliphatic carbocycles. The highest BCUT2D eigenvalue weighted by Gasteiger charge is 2.23. The smallest absolute Gasteiger partial charge is 0.211 e. The molecule has 0 bridgehead atoms. The second kappa shape index (κ2) is 6.06. The first-order valence-electron chi connectivity index (χ1n) is 6.81. The minimum absolute atomic E-state index is 0.135. The molecule has 1 aromatic heterocycles. The Kier molecular flexibility index (Phi) is 3.95. The lowest BCUT2D eigenvalue weighted by molar-refractivity contribution is 0.100. The van der Waals surface area contributed by atoms with Gasteiger partial charge in [0.1, 0.15) is 5.69 Å². The summed E-state index contributed by atoms with van der Waals surface area (Å²) in [6, 6.07) is 13.3. The SMILES string of the molecule is Nc1cc(Cl)ccc1C(=O)c1cn[nH]c1C(=O)c1ccccc1. The van der Waals surface area contributed by atoms with Crippen molar-refractivity contribution in [1.29, 1.82) is 0 Å². The van der Waals surface area contributed by atoms with Gasteiger partial charge in [0.15, 0.2) is 5.78 Å². The number of aromatic amines is 1. The molecule has 0 spiro atoms. The van der Waals surface area contributed by atoms with Crippen molar-refractivity contribution in [2.75, 3.05) is 5.73 Å². The monoisotopic (exact) mass is 325 g/mol. The number of halogens is 1. The number of carbonyl (C=O) groups excluding carboxylic acids is 2. The number of nitrogens with two attached hydrogens (primary N) is 1. The summed E-state index contributed by atoms with van der Waals surface area (Å²) in [6.45, 7) is 0. The zero-order valence-electron chi connectivity index (χ0n) is 11.9. The van der Waals surface area contributed by atoms with Crippen molar-refractivity contribution >= 4 is 28.9 Å². The van der Waals surface area contributed by atoms with Crippen LogP contribution in [0.25, 0.3) is 0 Å². The largest absolute Gasteiger partial charge is 0.398 e. The fourth-order valence-electron chi connectivity index (χ4n) is 2.25. The van der Waals surface area contributed by atoms with Crippen molar-refractivity contribution in [1.82, 2.24) is 10.2 Å². The molecule has 2 aromatic carbocycles. The van der Waals surface area contributed by atoms with Gasteiger partial charge in [-0.1, -0.05) is 41.9 Å². The van der Waals surface area contributed by atoms with Gasteiger partial charge >= 0.3 is 0 Å². The van der Waals surface area contributed by atoms with Gasteiger partial charge in [-0.05, 0) is 18.2 Å². The van der Waals surface area contributed by atoms with Gasteiger partial charge in [-0.15, -0.1) is 0 Å². The van der Waals surface area contributed by atoms with Crippen LogP contribution in [0.1, 0.15) is 32.0 Å². The normalized spacial score (nSPS) is 10.5. The van der Waals surface area contributed by atoms with E-state index in [0.717, 1.165) is 0 Å². The summed E-state index contributed by atoms with van der Waals surface area (Å²) in [5.41, 5.74) is 7.15. The molecule has 5 nitrogen and oxygen atoms in total. The van der Waals surface area contributed by atoms with Gasteiger partial charge in [0.2, 0.25) is 5.78 Å². The van der Waals surface area contributed by atoms with Crippen LogP contribution >= 0.6 is 11.6 Å². The molecule has 6 heteroatoms. The van der Waals surface area contributed by atoms with Crippen LogP contribution < -0.4 is 5.73 Å². The van der Waals surface area contributed by atoms with Crippen LogP contribution in [0.3, 0.4) is 0 Å². The van der Waals surface area contributed by atoms with Crippen LogP contribution in [0.5, 0.6) is 0 Å². The number of benzene rings is 2. The van der Waals surface area contributed by atoms with Gasteiger partial charge in [0.05, 0.1) is 11.8 Å². The van der Waals surface area contributed by atoms with E-state index >= 15 is 0 Å². The predicted octanol–water partition coefficient (Wildman–Crippen LogP) is 3.11. The lowest BCUT2D eigenvalue weighted by atomic mass is 9.98. The maximum atomic E-state index is 12.7. The van der Waals surface area contributed by atoms with Crippen molar-refractivity contribution in [3.8, 4) is 0 Å². The van der Waals surface area contributed by atoms with Gasteiger partial charge in [0, 0.05) is 21.8 Å². The van der Waals surface area contributed by atoms with E-state index in [2.05, 4.69) is 10.2 Å². The molecular formula is C17H12ClN3O2. The molecular weight excluding hydrogens is 314 g/mol. The zero-order valence-corrected chi connectivity index (χ0v) is 12.7. The number of carbonyl (C=O) groups is 2. The topological polar surface area (TPSA) is 88.8 Å². The molecule has 0 saturated carbocycles. The summed E-state index contributed by atoms with van der Waals surface area (Å²) >= 11 is 5.84. The Morgan fingerprint density at radius 1 is 1.00 bits per heavy atom. The lowest BCUT2D eigenvalue weighted by Gasteiger charge is -2.06. The van der Waals surface area contributed by atoms with Crippen LogP contribution in [0.15, 0.2) is 54.7 Å². The standard InChI is InChI=1S/C17H12ClN3O2/c18-11-6-7-12(14(19)8-11)17(23)13-9-20-21-15(13)16(22)10-4-2-1-3-5-10/h1-9H,19H2,(H,20,21). The molecule has 1 heterocycles. The fourth-order valence-corrected chi connectivity index (χ4v) is 2.43. The number of ketones is 2. The van der Waals surface area contributed by atoms with Crippen molar-refractivity contribution in [2.24, 2.45) is 0 Å². The molecule has 0 amide bonds. The van der Waals surface area contributed by atoms with Gasteiger partial charge in [-0.25, -0.2) is 0 Å². The van der Waals surface area contributed by atoms with E-state index < -0.39 is 0 Å². The quantitative estimate of drug-likeness (QED) is 0.570. The maximum Gasteiger partial charge on any atom is 0.211 e. The highest BCUT2D eigenvalue weighted by molar-refractivity contribution is 6.31. The Morgan fingerprint density at radius 2 is 1.74 bits per heavy atom. The predicted molar refractivity (Wildman–Crippen MR) is 87.8 cm³/mol. The Morgan fingerprint density at radius 3 is 2.43 bits per heavy atom. The number of H-pyrrole nitrogens is 1. The zero-order chi connectivity index (χ0) is 16.4. The Balaban J connectivity index is 2.01. The number of hydrogen-bond donors (Lipinski definition) is 2. The number of aromatic nitrogens is 2. The lowest BCUT2D eigenvalue weighted by Crippen LogP contribution is -2.11. The summed E-state index contributed by atoms with van der Waals surface area (Å²) in [4.78, 5) is 25.2. The molecule has 0 radical (unpaired) electrons. The van der Waals surface area contributed by atoms with Crippen molar-refractivity contribution < 1.29 is 9.59 Å². The van der Waals surface area contributed by atoms with Gasteiger partial charge in [-0.2, -0.15) is 5.10 Å². The molecule has 3 N–H and O–H groups in total. The third kappa shape index (κ3) is 2.86. The highest BCUT2D eigenvalue weighted by Crippen LogP contribution is 2.23. The van der Waals surface area contributed by atoms with Crippen LogP contribution in [-0.2, 0) is 0 Å². The molecule has 0 saturated heterocycles. The van der Waals surface area contributed by atoms with Gasteiger partial charge in [0.25, 0.3) is 0 Å². The first-order chi connectivity index (χ1) is 11.1. The number of anilines is 1. The second-order valence-corrected chi connectivity index (χ2v) is 5.35. The average Bonchev–Trinajstić information content (AvgIpc) is 3.04. The highest BCUT2D eigenvalue weighted by atomic mass is 35.5. The first-order valence-corrected chi connectivity index (χ1v) is 7.18. The Labute approximate surface area is 137 Å². The molecule has 0 atom stereocenters. The van der Waals surface area contributed by atoms with Crippen molar-refractivity contribution in [3.63, 3.8) is 0 Å². The van der Waals surface area contributed by atoms with E-state index in [0.29, 0.717) is 10.6 Å².